The van der Waals surface area contributed by atoms with Gasteiger partial charge >= 0.3 is 0 Å². The van der Waals surface area contributed by atoms with Crippen LogP contribution < -0.4 is 10.5 Å². The first kappa shape index (κ1) is 14.0. The number of nitrogens with two attached hydrogens (primary N) is 1. The van der Waals surface area contributed by atoms with Gasteiger partial charge in [-0.3, -0.25) is 4.79 Å². The second-order valence-electron chi connectivity index (χ2n) is 3.86. The summed E-state index contributed by atoms with van der Waals surface area (Å²) in [5, 5.41) is 8.65. The van der Waals surface area contributed by atoms with Gasteiger partial charge in [0.25, 0.3) is 5.91 Å². The van der Waals surface area contributed by atoms with E-state index in [-0.39, 0.29) is 22.6 Å². The van der Waals surface area contributed by atoms with Crippen LogP contribution >= 0.6 is 15.9 Å². The first-order chi connectivity index (χ1) is 9.51. The van der Waals surface area contributed by atoms with Crippen molar-refractivity contribution in [1.29, 1.82) is 5.26 Å². The van der Waals surface area contributed by atoms with Gasteiger partial charge in [0.2, 0.25) is 0 Å². The van der Waals surface area contributed by atoms with E-state index in [9.17, 15) is 9.18 Å². The first-order valence-electron chi connectivity index (χ1n) is 5.48. The number of nitriles is 1. The van der Waals surface area contributed by atoms with Crippen LogP contribution in [0.4, 0.5) is 4.39 Å². The highest BCUT2D eigenvalue weighted by molar-refractivity contribution is 9.10. The highest BCUT2D eigenvalue weighted by Gasteiger charge is 2.12. The molecule has 0 radical (unpaired) electrons. The minimum absolute atomic E-state index is 0.0817. The van der Waals surface area contributed by atoms with Gasteiger partial charge in [-0.25, -0.2) is 4.39 Å². The van der Waals surface area contributed by atoms with Gasteiger partial charge in [0, 0.05) is 10.5 Å². The van der Waals surface area contributed by atoms with Crippen LogP contribution in [0.3, 0.4) is 0 Å². The molecule has 4 nitrogen and oxygen atoms in total. The molecule has 2 rings (SSSR count). The maximum absolute atomic E-state index is 13.5. The Hall–Kier alpha value is -2.39. The number of carbonyl (C=O) groups excluding carboxylic acids is 1. The third-order valence-electron chi connectivity index (χ3n) is 2.50. The Morgan fingerprint density at radius 1 is 1.30 bits per heavy atom. The Bertz CT molecular complexity index is 726. The minimum Gasteiger partial charge on any atom is -0.456 e. The zero-order chi connectivity index (χ0) is 14.7. The molecule has 0 aromatic heterocycles. The van der Waals surface area contributed by atoms with Crippen molar-refractivity contribution in [1.82, 2.24) is 0 Å². The van der Waals surface area contributed by atoms with E-state index in [0.717, 1.165) is 6.07 Å². The number of amides is 1. The van der Waals surface area contributed by atoms with Gasteiger partial charge in [-0.2, -0.15) is 5.26 Å². The summed E-state index contributed by atoms with van der Waals surface area (Å²) in [4.78, 5) is 11.3. The molecule has 0 aliphatic carbocycles. The molecule has 0 heterocycles. The van der Waals surface area contributed by atoms with Crippen molar-refractivity contribution in [3.05, 3.63) is 57.8 Å². The normalized spacial score (nSPS) is 9.85. The average Bonchev–Trinajstić information content (AvgIpc) is 2.38. The first-order valence-corrected chi connectivity index (χ1v) is 6.27. The Kier molecular flexibility index (Phi) is 4.01. The third kappa shape index (κ3) is 2.95. The average molecular weight is 335 g/mol. The fourth-order valence-electron chi connectivity index (χ4n) is 1.56. The Labute approximate surface area is 122 Å². The predicted molar refractivity (Wildman–Crippen MR) is 73.8 cm³/mol. The SMILES string of the molecule is N#Cc1ccc(Oc2cc(Br)ccc2C(N)=O)cc1F. The monoisotopic (exact) mass is 334 g/mol. The molecule has 0 aliphatic heterocycles. The zero-order valence-electron chi connectivity index (χ0n) is 10.1. The van der Waals surface area contributed by atoms with Crippen molar-refractivity contribution in [3.8, 4) is 17.6 Å². The van der Waals surface area contributed by atoms with Gasteiger partial charge in [-0.05, 0) is 30.3 Å². The molecule has 2 aromatic rings. The van der Waals surface area contributed by atoms with E-state index < -0.39 is 11.7 Å². The summed E-state index contributed by atoms with van der Waals surface area (Å²) in [7, 11) is 0. The Morgan fingerprint density at radius 2 is 2.05 bits per heavy atom. The summed E-state index contributed by atoms with van der Waals surface area (Å²) in [6.07, 6.45) is 0. The topological polar surface area (TPSA) is 76.1 Å². The van der Waals surface area contributed by atoms with Crippen molar-refractivity contribution in [2.45, 2.75) is 0 Å². The smallest absolute Gasteiger partial charge is 0.252 e. The summed E-state index contributed by atoms with van der Waals surface area (Å²) >= 11 is 3.25. The van der Waals surface area contributed by atoms with Gasteiger partial charge < -0.3 is 10.5 Å². The van der Waals surface area contributed by atoms with Crippen LogP contribution in [0.1, 0.15) is 15.9 Å². The molecule has 6 heteroatoms. The lowest BCUT2D eigenvalue weighted by molar-refractivity contribution is 0.0998. The molecule has 0 saturated carbocycles. The summed E-state index contributed by atoms with van der Waals surface area (Å²) < 4.78 is 19.6. The number of halogens is 2. The number of ether oxygens (including phenoxy) is 1. The molecule has 2 N–H and O–H groups in total. The maximum Gasteiger partial charge on any atom is 0.252 e. The molecule has 2 aromatic carbocycles. The molecule has 20 heavy (non-hydrogen) atoms. The zero-order valence-corrected chi connectivity index (χ0v) is 11.6. The molecular formula is C14H8BrFN2O2. The number of rotatable bonds is 3. The van der Waals surface area contributed by atoms with Crippen LogP contribution in [0.2, 0.25) is 0 Å². The summed E-state index contributed by atoms with van der Waals surface area (Å²) in [5.41, 5.74) is 5.34. The molecule has 0 aliphatic rings. The van der Waals surface area contributed by atoms with E-state index in [1.807, 2.05) is 0 Å². The van der Waals surface area contributed by atoms with Crippen LogP contribution in [0, 0.1) is 17.1 Å². The van der Waals surface area contributed by atoms with Crippen molar-refractivity contribution >= 4 is 21.8 Å². The standard InChI is InChI=1S/C14H8BrFN2O2/c15-9-2-4-11(14(18)19)13(5-9)20-10-3-1-8(7-17)12(16)6-10/h1-6H,(H2,18,19). The summed E-state index contributed by atoms with van der Waals surface area (Å²) in [6, 6.07) is 10.2. The highest BCUT2D eigenvalue weighted by atomic mass is 79.9. The van der Waals surface area contributed by atoms with E-state index in [4.69, 9.17) is 15.7 Å². The van der Waals surface area contributed by atoms with Gasteiger partial charge in [0.1, 0.15) is 23.4 Å². The van der Waals surface area contributed by atoms with E-state index in [1.165, 1.54) is 18.2 Å². The van der Waals surface area contributed by atoms with Crippen LogP contribution in [0.5, 0.6) is 11.5 Å². The fraction of sp³-hybridized carbons (Fsp3) is 0. The fourth-order valence-corrected chi connectivity index (χ4v) is 1.90. The summed E-state index contributed by atoms with van der Waals surface area (Å²) in [5.74, 6) is -0.972. The van der Waals surface area contributed by atoms with E-state index in [1.54, 1.807) is 18.2 Å². The second-order valence-corrected chi connectivity index (χ2v) is 4.78. The number of primary amides is 1. The van der Waals surface area contributed by atoms with Crippen molar-refractivity contribution in [2.75, 3.05) is 0 Å². The van der Waals surface area contributed by atoms with Crippen LogP contribution in [-0.4, -0.2) is 5.91 Å². The van der Waals surface area contributed by atoms with Crippen LogP contribution in [-0.2, 0) is 0 Å². The predicted octanol–water partition coefficient (Wildman–Crippen LogP) is 3.35. The van der Waals surface area contributed by atoms with E-state index in [2.05, 4.69) is 15.9 Å². The minimum atomic E-state index is -0.694. The van der Waals surface area contributed by atoms with Crippen molar-refractivity contribution < 1.29 is 13.9 Å². The lowest BCUT2D eigenvalue weighted by Gasteiger charge is -2.10. The van der Waals surface area contributed by atoms with Crippen LogP contribution in [0.15, 0.2) is 40.9 Å². The largest absolute Gasteiger partial charge is 0.456 e. The molecule has 1 amide bonds. The summed E-state index contributed by atoms with van der Waals surface area (Å²) in [6.45, 7) is 0. The van der Waals surface area contributed by atoms with E-state index >= 15 is 0 Å². The highest BCUT2D eigenvalue weighted by Crippen LogP contribution is 2.29. The molecule has 100 valence electrons. The number of nitrogens with zero attached hydrogens (tertiary/aromatic N) is 1. The molecule has 0 spiro atoms. The third-order valence-corrected chi connectivity index (χ3v) is 2.99. The Morgan fingerprint density at radius 3 is 2.65 bits per heavy atom. The van der Waals surface area contributed by atoms with Crippen molar-refractivity contribution in [3.63, 3.8) is 0 Å². The van der Waals surface area contributed by atoms with Crippen molar-refractivity contribution in [2.24, 2.45) is 5.73 Å². The molecular weight excluding hydrogens is 327 g/mol. The number of benzene rings is 2. The van der Waals surface area contributed by atoms with Gasteiger partial charge in [-0.1, -0.05) is 15.9 Å². The van der Waals surface area contributed by atoms with Gasteiger partial charge in [0.05, 0.1) is 11.1 Å². The van der Waals surface area contributed by atoms with Gasteiger partial charge in [-0.15, -0.1) is 0 Å². The van der Waals surface area contributed by atoms with Crippen LogP contribution in [0.25, 0.3) is 0 Å². The molecule has 0 atom stereocenters. The second kappa shape index (κ2) is 5.72. The molecule has 0 saturated heterocycles. The number of hydrogen-bond donors (Lipinski definition) is 1. The number of carbonyl (C=O) groups is 1. The van der Waals surface area contributed by atoms with E-state index in [0.29, 0.717) is 4.47 Å². The van der Waals surface area contributed by atoms with Gasteiger partial charge in [0.15, 0.2) is 0 Å². The quantitative estimate of drug-likeness (QED) is 0.934. The lowest BCUT2D eigenvalue weighted by Crippen LogP contribution is -2.12. The molecule has 0 fully saturated rings. The maximum atomic E-state index is 13.5. The number of hydrogen-bond acceptors (Lipinski definition) is 3. The molecule has 0 bridgehead atoms. The lowest BCUT2D eigenvalue weighted by atomic mass is 10.2. The molecule has 0 unspecified atom stereocenters. The Balaban J connectivity index is 2.39.